The van der Waals surface area contributed by atoms with Crippen molar-refractivity contribution in [2.24, 2.45) is 0 Å². The minimum absolute atomic E-state index is 0.0155. The Kier molecular flexibility index (Phi) is 5.99. The van der Waals surface area contributed by atoms with Crippen molar-refractivity contribution in [2.75, 3.05) is 38.1 Å². The molecule has 3 heterocycles. The molecular formula is C20H30N4O3. The highest BCUT2D eigenvalue weighted by molar-refractivity contribution is 5.94. The maximum absolute atomic E-state index is 12.8. The van der Waals surface area contributed by atoms with Crippen LogP contribution in [-0.4, -0.2) is 78.1 Å². The molecule has 1 aromatic heterocycles. The van der Waals surface area contributed by atoms with E-state index in [2.05, 4.69) is 23.7 Å². The van der Waals surface area contributed by atoms with Gasteiger partial charge >= 0.3 is 0 Å². The Labute approximate surface area is 161 Å². The molecule has 0 bridgehead atoms. The number of aromatic nitrogens is 1. The highest BCUT2D eigenvalue weighted by Gasteiger charge is 2.27. The highest BCUT2D eigenvalue weighted by Crippen LogP contribution is 2.21. The van der Waals surface area contributed by atoms with Crippen molar-refractivity contribution < 1.29 is 14.3 Å². The van der Waals surface area contributed by atoms with Crippen molar-refractivity contribution in [2.45, 2.75) is 51.9 Å². The Morgan fingerprint density at radius 2 is 1.78 bits per heavy atom. The number of pyridine rings is 1. The molecule has 2 unspecified atom stereocenters. The summed E-state index contributed by atoms with van der Waals surface area (Å²) in [6, 6.07) is 4.01. The average molecular weight is 374 g/mol. The third-order valence-electron chi connectivity index (χ3n) is 5.53. The number of anilines is 1. The number of carbonyl (C=O) groups is 2. The minimum atomic E-state index is 0.0155. The molecule has 0 N–H and O–H groups in total. The molecule has 2 fully saturated rings. The van der Waals surface area contributed by atoms with Crippen LogP contribution < -0.4 is 4.90 Å². The number of amides is 2. The van der Waals surface area contributed by atoms with Crippen LogP contribution in [0.1, 0.15) is 44.0 Å². The summed E-state index contributed by atoms with van der Waals surface area (Å²) in [6.45, 7) is 8.66. The summed E-state index contributed by atoms with van der Waals surface area (Å²) in [6.07, 6.45) is 3.65. The molecule has 7 nitrogen and oxygen atoms in total. The summed E-state index contributed by atoms with van der Waals surface area (Å²) < 4.78 is 5.76. The van der Waals surface area contributed by atoms with E-state index in [-0.39, 0.29) is 30.1 Å². The van der Waals surface area contributed by atoms with Gasteiger partial charge in [0, 0.05) is 52.4 Å². The lowest BCUT2D eigenvalue weighted by Gasteiger charge is -2.37. The lowest BCUT2D eigenvalue weighted by atomic mass is 10.0. The number of hydrogen-bond donors (Lipinski definition) is 0. The summed E-state index contributed by atoms with van der Waals surface area (Å²) in [5, 5.41) is 0. The predicted octanol–water partition coefficient (Wildman–Crippen LogP) is 1.78. The predicted molar refractivity (Wildman–Crippen MR) is 104 cm³/mol. The lowest BCUT2D eigenvalue weighted by Crippen LogP contribution is -2.47. The Hall–Kier alpha value is -2.15. The molecule has 7 heteroatoms. The van der Waals surface area contributed by atoms with E-state index in [0.29, 0.717) is 18.7 Å². The second-order valence-electron chi connectivity index (χ2n) is 7.72. The fraction of sp³-hybridized carbons (Fsp3) is 0.650. The lowest BCUT2D eigenvalue weighted by molar-refractivity contribution is -0.130. The number of nitrogens with zero attached hydrogens (tertiary/aromatic N) is 4. The third-order valence-corrected chi connectivity index (χ3v) is 5.53. The van der Waals surface area contributed by atoms with E-state index in [4.69, 9.17) is 4.74 Å². The molecule has 2 amide bonds. The molecule has 2 atom stereocenters. The maximum atomic E-state index is 12.8. The number of hydrogen-bond acceptors (Lipinski definition) is 5. The van der Waals surface area contributed by atoms with Crippen LogP contribution in [0.2, 0.25) is 0 Å². The normalized spacial score (nSPS) is 24.0. The molecule has 2 aliphatic rings. The second kappa shape index (κ2) is 8.25. The zero-order chi connectivity index (χ0) is 19.6. The first kappa shape index (κ1) is 19.6. The van der Waals surface area contributed by atoms with Crippen molar-refractivity contribution >= 4 is 17.6 Å². The van der Waals surface area contributed by atoms with Crippen LogP contribution in [0.3, 0.4) is 0 Å². The number of piperidine rings is 1. The number of rotatable bonds is 3. The van der Waals surface area contributed by atoms with E-state index < -0.39 is 0 Å². The second-order valence-corrected chi connectivity index (χ2v) is 7.72. The van der Waals surface area contributed by atoms with E-state index in [1.165, 1.54) is 0 Å². The van der Waals surface area contributed by atoms with Gasteiger partial charge < -0.3 is 19.4 Å². The van der Waals surface area contributed by atoms with Crippen LogP contribution in [0.4, 0.5) is 5.82 Å². The van der Waals surface area contributed by atoms with Gasteiger partial charge in [-0.05, 0) is 38.8 Å². The van der Waals surface area contributed by atoms with E-state index >= 15 is 0 Å². The van der Waals surface area contributed by atoms with Gasteiger partial charge in [-0.3, -0.25) is 9.59 Å². The number of carbonyl (C=O) groups excluding carboxylic acids is 2. The molecule has 0 aliphatic carbocycles. The average Bonchev–Trinajstić information content (AvgIpc) is 2.66. The van der Waals surface area contributed by atoms with Gasteiger partial charge in [0.2, 0.25) is 5.91 Å². The zero-order valence-corrected chi connectivity index (χ0v) is 16.7. The van der Waals surface area contributed by atoms with Crippen LogP contribution in [0.15, 0.2) is 18.3 Å². The molecule has 0 saturated carbocycles. The topological polar surface area (TPSA) is 66.0 Å². The largest absolute Gasteiger partial charge is 0.372 e. The first-order chi connectivity index (χ1) is 12.8. The summed E-state index contributed by atoms with van der Waals surface area (Å²) >= 11 is 0. The summed E-state index contributed by atoms with van der Waals surface area (Å²) in [7, 11) is 1.83. The van der Waals surface area contributed by atoms with Crippen molar-refractivity contribution in [1.29, 1.82) is 0 Å². The van der Waals surface area contributed by atoms with Crippen LogP contribution >= 0.6 is 0 Å². The molecule has 27 heavy (non-hydrogen) atoms. The van der Waals surface area contributed by atoms with Crippen molar-refractivity contribution in [3.8, 4) is 0 Å². The Bertz CT molecular complexity index is 660. The van der Waals surface area contributed by atoms with Gasteiger partial charge in [-0.15, -0.1) is 0 Å². The number of morpholine rings is 1. The quantitative estimate of drug-likeness (QED) is 0.807. The first-order valence-corrected chi connectivity index (χ1v) is 9.74. The van der Waals surface area contributed by atoms with Crippen LogP contribution in [0, 0.1) is 0 Å². The van der Waals surface area contributed by atoms with Crippen molar-refractivity contribution in [1.82, 2.24) is 14.8 Å². The third kappa shape index (κ3) is 4.58. The van der Waals surface area contributed by atoms with E-state index in [9.17, 15) is 9.59 Å². The van der Waals surface area contributed by atoms with Gasteiger partial charge in [0.1, 0.15) is 5.82 Å². The van der Waals surface area contributed by atoms with Crippen molar-refractivity contribution in [3.05, 3.63) is 23.9 Å². The molecule has 148 valence electrons. The number of ether oxygens (including phenoxy) is 1. The standard InChI is InChI=1S/C20H30N4O3/c1-14-12-24(13-15(2)27-14)19-6-5-17(11-21-19)20(26)23-9-7-18(8-10-23)22(4)16(3)25/h5-6,11,14-15,18H,7-10,12-13H2,1-4H3. The van der Waals surface area contributed by atoms with Gasteiger partial charge in [0.15, 0.2) is 0 Å². The van der Waals surface area contributed by atoms with Gasteiger partial charge in [0.05, 0.1) is 17.8 Å². The molecule has 3 rings (SSSR count). The van der Waals surface area contributed by atoms with Crippen LogP contribution in [0.5, 0.6) is 0 Å². The molecule has 0 aromatic carbocycles. The van der Waals surface area contributed by atoms with Crippen molar-refractivity contribution in [3.63, 3.8) is 0 Å². The van der Waals surface area contributed by atoms with Gasteiger partial charge in [-0.25, -0.2) is 4.98 Å². The molecule has 1 aromatic rings. The van der Waals surface area contributed by atoms with E-state index in [1.807, 2.05) is 24.1 Å². The van der Waals surface area contributed by atoms with Gasteiger partial charge in [-0.2, -0.15) is 0 Å². The van der Waals surface area contributed by atoms with Gasteiger partial charge in [-0.1, -0.05) is 0 Å². The number of likely N-dealkylation sites (tertiary alicyclic amines) is 1. The van der Waals surface area contributed by atoms with Crippen LogP contribution in [-0.2, 0) is 9.53 Å². The van der Waals surface area contributed by atoms with E-state index in [1.54, 1.807) is 18.0 Å². The summed E-state index contributed by atoms with van der Waals surface area (Å²) in [5.41, 5.74) is 0.617. The van der Waals surface area contributed by atoms with E-state index in [0.717, 1.165) is 31.7 Å². The minimum Gasteiger partial charge on any atom is -0.372 e. The molecule has 2 aliphatic heterocycles. The summed E-state index contributed by atoms with van der Waals surface area (Å²) in [4.78, 5) is 34.7. The fourth-order valence-electron chi connectivity index (χ4n) is 3.96. The van der Waals surface area contributed by atoms with Crippen LogP contribution in [0.25, 0.3) is 0 Å². The molecular weight excluding hydrogens is 344 g/mol. The summed E-state index contributed by atoms with van der Waals surface area (Å²) in [5.74, 6) is 0.975. The Balaban J connectivity index is 1.59. The maximum Gasteiger partial charge on any atom is 0.255 e. The molecule has 2 saturated heterocycles. The fourth-order valence-corrected chi connectivity index (χ4v) is 3.96. The molecule has 0 radical (unpaired) electrons. The Morgan fingerprint density at radius 3 is 2.30 bits per heavy atom. The highest BCUT2D eigenvalue weighted by atomic mass is 16.5. The monoisotopic (exact) mass is 374 g/mol. The zero-order valence-electron chi connectivity index (χ0n) is 16.7. The SMILES string of the molecule is CC(=O)N(C)C1CCN(C(=O)c2ccc(N3CC(C)OC(C)C3)nc2)CC1. The smallest absolute Gasteiger partial charge is 0.255 e. The molecule has 0 spiro atoms. The first-order valence-electron chi connectivity index (χ1n) is 9.74. The Morgan fingerprint density at radius 1 is 1.15 bits per heavy atom. The van der Waals surface area contributed by atoms with Gasteiger partial charge in [0.25, 0.3) is 5.91 Å².